The van der Waals surface area contributed by atoms with Crippen LogP contribution in [0.5, 0.6) is 0 Å². The van der Waals surface area contributed by atoms with Crippen molar-refractivity contribution in [1.82, 2.24) is 0 Å². The van der Waals surface area contributed by atoms with Gasteiger partial charge >= 0.3 is 5.97 Å². The smallest absolute Gasteiger partial charge is 0.304 e. The van der Waals surface area contributed by atoms with Crippen LogP contribution < -0.4 is 0 Å². The Morgan fingerprint density at radius 3 is 2.64 bits per heavy atom. The number of hydrogen-bond donors (Lipinski definition) is 1. The van der Waals surface area contributed by atoms with Crippen LogP contribution in [-0.4, -0.2) is 17.4 Å². The molecule has 3 nitrogen and oxygen atoms in total. The Balaban J connectivity index is 2.22. The second kappa shape index (κ2) is 3.51. The van der Waals surface area contributed by atoms with Crippen LogP contribution in [0.15, 0.2) is 0 Å². The van der Waals surface area contributed by atoms with E-state index >= 15 is 0 Å². The van der Waals surface area contributed by atoms with Gasteiger partial charge in [-0.25, -0.2) is 0 Å². The van der Waals surface area contributed by atoms with Gasteiger partial charge in [0.2, 0.25) is 0 Å². The highest BCUT2D eigenvalue weighted by molar-refractivity contribution is 5.71. The minimum atomic E-state index is -0.872. The number of rotatable bonds is 5. The van der Waals surface area contributed by atoms with Crippen molar-refractivity contribution in [2.75, 3.05) is 0 Å². The first-order valence-corrected chi connectivity index (χ1v) is 3.89. The summed E-state index contributed by atoms with van der Waals surface area (Å²) in [6.45, 7) is 0. The summed E-state index contributed by atoms with van der Waals surface area (Å²) in [5.41, 5.74) is 0. The van der Waals surface area contributed by atoms with Crippen molar-refractivity contribution in [2.45, 2.75) is 25.7 Å². The summed E-state index contributed by atoms with van der Waals surface area (Å²) in [4.78, 5) is 20.6. The maximum Gasteiger partial charge on any atom is 0.304 e. The van der Waals surface area contributed by atoms with E-state index in [1.54, 1.807) is 0 Å². The Hall–Kier alpha value is -0.860. The lowest BCUT2D eigenvalue weighted by molar-refractivity contribution is -0.139. The number of aliphatic carboxylic acids is 1. The van der Waals surface area contributed by atoms with E-state index in [1.165, 1.54) is 12.8 Å². The number of hydrogen-bond acceptors (Lipinski definition) is 2. The monoisotopic (exact) mass is 156 g/mol. The molecule has 1 N–H and O–H groups in total. The molecule has 0 radical (unpaired) electrons. The van der Waals surface area contributed by atoms with Crippen molar-refractivity contribution >= 4 is 12.3 Å². The van der Waals surface area contributed by atoms with Gasteiger partial charge in [-0.3, -0.25) is 4.79 Å². The maximum absolute atomic E-state index is 10.3. The molecule has 0 aromatic heterocycles. The Kier molecular flexibility index (Phi) is 2.63. The first kappa shape index (κ1) is 8.24. The predicted molar refractivity (Wildman–Crippen MR) is 39.1 cm³/mol. The molecule has 11 heavy (non-hydrogen) atoms. The van der Waals surface area contributed by atoms with Crippen molar-refractivity contribution in [1.29, 1.82) is 0 Å². The van der Waals surface area contributed by atoms with Gasteiger partial charge in [-0.15, -0.1) is 0 Å². The fourth-order valence-electron chi connectivity index (χ4n) is 1.19. The molecule has 0 spiro atoms. The molecule has 62 valence electrons. The molecule has 1 aliphatic rings. The van der Waals surface area contributed by atoms with Crippen LogP contribution in [0.3, 0.4) is 0 Å². The topological polar surface area (TPSA) is 54.4 Å². The summed E-state index contributed by atoms with van der Waals surface area (Å²) < 4.78 is 0. The average molecular weight is 156 g/mol. The molecule has 1 unspecified atom stereocenters. The number of carbonyl (C=O) groups excluding carboxylic acids is 1. The quantitative estimate of drug-likeness (QED) is 0.606. The Morgan fingerprint density at radius 2 is 2.27 bits per heavy atom. The molecule has 0 aliphatic heterocycles. The van der Waals surface area contributed by atoms with Gasteiger partial charge in [0.1, 0.15) is 6.29 Å². The number of carbonyl (C=O) groups is 2. The number of carboxylic acids is 1. The summed E-state index contributed by atoms with van der Waals surface area (Å²) in [6.07, 6.45) is 3.89. The van der Waals surface area contributed by atoms with Gasteiger partial charge in [-0.2, -0.15) is 0 Å². The van der Waals surface area contributed by atoms with Gasteiger partial charge in [0.15, 0.2) is 0 Å². The molecule has 0 amide bonds. The lowest BCUT2D eigenvalue weighted by Gasteiger charge is -2.04. The summed E-state index contributed by atoms with van der Waals surface area (Å²) in [5.74, 6) is -0.493. The zero-order valence-electron chi connectivity index (χ0n) is 6.32. The lowest BCUT2D eigenvalue weighted by Crippen LogP contribution is -2.09. The molecule has 0 saturated heterocycles. The highest BCUT2D eigenvalue weighted by Gasteiger charge is 2.26. The lowest BCUT2D eigenvalue weighted by atomic mass is 10.0. The second-order valence-corrected chi connectivity index (χ2v) is 3.17. The van der Waals surface area contributed by atoms with Gasteiger partial charge < -0.3 is 9.90 Å². The van der Waals surface area contributed by atoms with E-state index < -0.39 is 5.97 Å². The predicted octanol–water partition coefficient (Wildman–Crippen LogP) is 1.08. The van der Waals surface area contributed by atoms with Crippen molar-refractivity contribution in [3.05, 3.63) is 0 Å². The molecule has 1 rings (SSSR count). The fraction of sp³-hybridized carbons (Fsp3) is 0.750. The molecule has 1 atom stereocenters. The zero-order chi connectivity index (χ0) is 8.27. The van der Waals surface area contributed by atoms with Gasteiger partial charge in [-0.1, -0.05) is 12.8 Å². The molecule has 1 fully saturated rings. The third-order valence-electron chi connectivity index (χ3n) is 1.96. The molecule has 0 aromatic rings. The van der Waals surface area contributed by atoms with Gasteiger partial charge in [0.05, 0.1) is 6.42 Å². The first-order chi connectivity index (χ1) is 5.22. The van der Waals surface area contributed by atoms with E-state index in [2.05, 4.69) is 0 Å². The molecular formula is C8H12O3. The minimum Gasteiger partial charge on any atom is -0.481 e. The number of aldehydes is 1. The Labute approximate surface area is 65.4 Å². The van der Waals surface area contributed by atoms with Gasteiger partial charge in [0.25, 0.3) is 0 Å². The third-order valence-corrected chi connectivity index (χ3v) is 1.96. The van der Waals surface area contributed by atoms with E-state index in [9.17, 15) is 9.59 Å². The minimum absolute atomic E-state index is 0. The van der Waals surface area contributed by atoms with Crippen molar-refractivity contribution in [2.24, 2.45) is 11.8 Å². The molecule has 0 bridgehead atoms. The highest BCUT2D eigenvalue weighted by Crippen LogP contribution is 2.35. The molecular weight excluding hydrogens is 144 g/mol. The van der Waals surface area contributed by atoms with Crippen molar-refractivity contribution < 1.29 is 14.7 Å². The molecule has 3 heteroatoms. The van der Waals surface area contributed by atoms with E-state index in [0.717, 1.165) is 12.7 Å². The zero-order valence-corrected chi connectivity index (χ0v) is 6.32. The first-order valence-electron chi connectivity index (χ1n) is 3.89. The standard InChI is InChI=1S/C8H12O3/c9-5-7(4-8(10)11)3-6-1-2-6/h5-7H,1-4H2,(H,10,11). The van der Waals surface area contributed by atoms with E-state index in [1.807, 2.05) is 0 Å². The van der Waals surface area contributed by atoms with E-state index in [-0.39, 0.29) is 12.3 Å². The summed E-state index contributed by atoms with van der Waals surface area (Å²) in [6, 6.07) is 0. The van der Waals surface area contributed by atoms with Crippen LogP contribution in [-0.2, 0) is 9.59 Å². The number of carboxylic acid groups (broad SMARTS) is 1. The summed E-state index contributed by atoms with van der Waals surface area (Å²) >= 11 is 0. The van der Waals surface area contributed by atoms with Crippen molar-refractivity contribution in [3.63, 3.8) is 0 Å². The Morgan fingerprint density at radius 1 is 1.64 bits per heavy atom. The molecule has 1 saturated carbocycles. The van der Waals surface area contributed by atoms with Gasteiger partial charge in [-0.05, 0) is 12.3 Å². The van der Waals surface area contributed by atoms with Gasteiger partial charge in [0, 0.05) is 5.92 Å². The van der Waals surface area contributed by atoms with Crippen LogP contribution in [0, 0.1) is 11.8 Å². The maximum atomic E-state index is 10.3. The molecule has 1 aliphatic carbocycles. The third kappa shape index (κ3) is 3.16. The van der Waals surface area contributed by atoms with Crippen molar-refractivity contribution in [3.8, 4) is 0 Å². The van der Waals surface area contributed by atoms with Crippen LogP contribution in [0.2, 0.25) is 0 Å². The molecule has 0 aromatic carbocycles. The summed E-state index contributed by atoms with van der Waals surface area (Å²) in [7, 11) is 0. The van der Waals surface area contributed by atoms with Crippen LogP contribution in [0.25, 0.3) is 0 Å². The molecule has 0 heterocycles. The second-order valence-electron chi connectivity index (χ2n) is 3.17. The van der Waals surface area contributed by atoms with E-state index in [0.29, 0.717) is 5.92 Å². The summed E-state index contributed by atoms with van der Waals surface area (Å²) in [5, 5.41) is 8.39. The Bertz CT molecular complexity index is 161. The highest BCUT2D eigenvalue weighted by atomic mass is 16.4. The fourth-order valence-corrected chi connectivity index (χ4v) is 1.19. The van der Waals surface area contributed by atoms with E-state index in [4.69, 9.17) is 5.11 Å². The largest absolute Gasteiger partial charge is 0.481 e. The normalized spacial score (nSPS) is 19.3. The van der Waals surface area contributed by atoms with Crippen LogP contribution >= 0.6 is 0 Å². The van der Waals surface area contributed by atoms with Crippen LogP contribution in [0.4, 0.5) is 0 Å². The average Bonchev–Trinajstić information content (AvgIpc) is 2.69. The SMILES string of the molecule is O=CC(CC(=O)O)CC1CC1. The van der Waals surface area contributed by atoms with Crippen LogP contribution in [0.1, 0.15) is 25.7 Å².